The molecule has 1 aromatic heterocycles. The summed E-state index contributed by atoms with van der Waals surface area (Å²) < 4.78 is 3.00. The van der Waals surface area contributed by atoms with Crippen molar-refractivity contribution in [1.29, 1.82) is 0 Å². The molecular formula is C15H14BrClN2O. The van der Waals surface area contributed by atoms with Crippen molar-refractivity contribution in [2.45, 2.75) is 25.8 Å². The second kappa shape index (κ2) is 5.26. The lowest BCUT2D eigenvalue weighted by atomic mass is 10.2. The fourth-order valence-corrected chi connectivity index (χ4v) is 2.66. The Labute approximate surface area is 131 Å². The second-order valence-electron chi connectivity index (χ2n) is 5.10. The molecule has 1 heterocycles. The van der Waals surface area contributed by atoms with Crippen LogP contribution in [0.25, 0.3) is 0 Å². The van der Waals surface area contributed by atoms with E-state index in [1.54, 1.807) is 6.07 Å². The summed E-state index contributed by atoms with van der Waals surface area (Å²) in [5.41, 5.74) is 2.49. The highest BCUT2D eigenvalue weighted by Crippen LogP contribution is 2.37. The summed E-state index contributed by atoms with van der Waals surface area (Å²) in [6.07, 6.45) is 4.06. The molecule has 0 saturated heterocycles. The van der Waals surface area contributed by atoms with Gasteiger partial charge in [-0.1, -0.05) is 27.5 Å². The maximum Gasteiger partial charge on any atom is 0.272 e. The summed E-state index contributed by atoms with van der Waals surface area (Å²) >= 11 is 9.47. The van der Waals surface area contributed by atoms with Crippen molar-refractivity contribution in [1.82, 2.24) is 4.57 Å². The van der Waals surface area contributed by atoms with E-state index in [4.69, 9.17) is 11.6 Å². The Kier molecular flexibility index (Phi) is 3.61. The first-order chi connectivity index (χ1) is 9.54. The van der Waals surface area contributed by atoms with Crippen LogP contribution in [-0.2, 0) is 0 Å². The largest absolute Gasteiger partial charge is 0.339 e. The van der Waals surface area contributed by atoms with E-state index in [1.165, 1.54) is 0 Å². The Balaban J connectivity index is 1.84. The fraction of sp³-hybridized carbons (Fsp3) is 0.267. The highest BCUT2D eigenvalue weighted by molar-refractivity contribution is 9.10. The number of halogens is 2. The first-order valence-electron chi connectivity index (χ1n) is 6.49. The topological polar surface area (TPSA) is 34.0 Å². The first-order valence-corrected chi connectivity index (χ1v) is 7.66. The van der Waals surface area contributed by atoms with Gasteiger partial charge in [-0.25, -0.2) is 0 Å². The monoisotopic (exact) mass is 352 g/mol. The van der Waals surface area contributed by atoms with E-state index >= 15 is 0 Å². The molecule has 0 atom stereocenters. The molecule has 1 aliphatic rings. The molecule has 2 aromatic rings. The molecule has 0 spiro atoms. The zero-order chi connectivity index (χ0) is 14.3. The number of nitrogens with one attached hydrogen (secondary N) is 1. The van der Waals surface area contributed by atoms with Gasteiger partial charge in [0, 0.05) is 22.4 Å². The van der Waals surface area contributed by atoms with Crippen LogP contribution in [0, 0.1) is 6.92 Å². The summed E-state index contributed by atoms with van der Waals surface area (Å²) in [5, 5.41) is 3.53. The van der Waals surface area contributed by atoms with Crippen molar-refractivity contribution < 1.29 is 4.79 Å². The number of hydrogen-bond acceptors (Lipinski definition) is 1. The Hall–Kier alpha value is -1.26. The van der Waals surface area contributed by atoms with Crippen molar-refractivity contribution in [2.24, 2.45) is 0 Å². The van der Waals surface area contributed by atoms with Crippen molar-refractivity contribution in [3.63, 3.8) is 0 Å². The summed E-state index contributed by atoms with van der Waals surface area (Å²) in [6.45, 7) is 1.99. The third kappa shape index (κ3) is 2.76. The maximum absolute atomic E-state index is 12.4. The van der Waals surface area contributed by atoms with Crippen LogP contribution in [0.2, 0.25) is 5.02 Å². The predicted molar refractivity (Wildman–Crippen MR) is 84.5 cm³/mol. The van der Waals surface area contributed by atoms with E-state index in [-0.39, 0.29) is 5.91 Å². The fourth-order valence-electron chi connectivity index (χ4n) is 2.20. The normalized spacial score (nSPS) is 14.3. The molecule has 1 N–H and O–H groups in total. The van der Waals surface area contributed by atoms with E-state index in [1.807, 2.05) is 35.9 Å². The number of aromatic nitrogens is 1. The molecule has 3 rings (SSSR count). The predicted octanol–water partition coefficient (Wildman–Crippen LogP) is 4.80. The van der Waals surface area contributed by atoms with Crippen molar-refractivity contribution in [2.75, 3.05) is 5.32 Å². The molecule has 104 valence electrons. The van der Waals surface area contributed by atoms with Crippen LogP contribution in [0.3, 0.4) is 0 Å². The summed E-state index contributed by atoms with van der Waals surface area (Å²) in [6, 6.07) is 7.89. The van der Waals surface area contributed by atoms with E-state index in [0.717, 1.165) is 28.6 Å². The maximum atomic E-state index is 12.4. The lowest BCUT2D eigenvalue weighted by molar-refractivity contribution is 0.101. The van der Waals surface area contributed by atoms with Gasteiger partial charge in [0.2, 0.25) is 0 Å². The minimum absolute atomic E-state index is 0.120. The van der Waals surface area contributed by atoms with Crippen LogP contribution >= 0.6 is 27.5 Å². The number of rotatable bonds is 3. The average Bonchev–Trinajstić information content (AvgIpc) is 3.17. The van der Waals surface area contributed by atoms with Gasteiger partial charge < -0.3 is 9.88 Å². The van der Waals surface area contributed by atoms with E-state index in [2.05, 4.69) is 21.2 Å². The smallest absolute Gasteiger partial charge is 0.272 e. The van der Waals surface area contributed by atoms with Gasteiger partial charge in [0.1, 0.15) is 5.69 Å². The van der Waals surface area contributed by atoms with Gasteiger partial charge in [-0.3, -0.25) is 4.79 Å². The van der Waals surface area contributed by atoms with Gasteiger partial charge in [0.05, 0.1) is 5.02 Å². The molecule has 1 amide bonds. The molecule has 0 bridgehead atoms. The molecule has 0 aliphatic heterocycles. The molecule has 0 radical (unpaired) electrons. The summed E-state index contributed by atoms with van der Waals surface area (Å²) in [7, 11) is 0. The zero-order valence-electron chi connectivity index (χ0n) is 11.0. The lowest BCUT2D eigenvalue weighted by Gasteiger charge is -2.09. The molecule has 1 aromatic carbocycles. The molecule has 3 nitrogen and oxygen atoms in total. The number of aryl methyl sites for hydroxylation is 1. The number of nitrogens with zero attached hydrogens (tertiary/aromatic N) is 1. The van der Waals surface area contributed by atoms with Gasteiger partial charge in [-0.05, 0) is 49.6 Å². The quantitative estimate of drug-likeness (QED) is 0.845. The number of hydrogen-bond donors (Lipinski definition) is 1. The summed E-state index contributed by atoms with van der Waals surface area (Å²) in [5.74, 6) is -0.120. The summed E-state index contributed by atoms with van der Waals surface area (Å²) in [4.78, 5) is 12.4. The number of benzene rings is 1. The minimum atomic E-state index is -0.120. The van der Waals surface area contributed by atoms with Crippen LogP contribution in [0.1, 0.15) is 34.9 Å². The van der Waals surface area contributed by atoms with Gasteiger partial charge in [0.15, 0.2) is 0 Å². The molecule has 5 heteroatoms. The van der Waals surface area contributed by atoms with Crippen LogP contribution in [0.15, 0.2) is 34.9 Å². The number of amides is 1. The van der Waals surface area contributed by atoms with Crippen molar-refractivity contribution in [3.05, 3.63) is 51.2 Å². The Bertz CT molecular complexity index is 677. The van der Waals surface area contributed by atoms with Gasteiger partial charge in [-0.15, -0.1) is 0 Å². The van der Waals surface area contributed by atoms with Crippen LogP contribution in [-0.4, -0.2) is 10.5 Å². The molecule has 20 heavy (non-hydrogen) atoms. The standard InChI is InChI=1S/C15H14BrClN2O/c1-9-6-11(2-5-13(9)16)18-15(20)14-7-10(17)8-19(14)12-3-4-12/h2,5-8,12H,3-4H2,1H3,(H,18,20). The van der Waals surface area contributed by atoms with Crippen molar-refractivity contribution >= 4 is 39.1 Å². The number of anilines is 1. The number of carbonyl (C=O) groups is 1. The van der Waals surface area contributed by atoms with Crippen LogP contribution in [0.5, 0.6) is 0 Å². The van der Waals surface area contributed by atoms with Gasteiger partial charge >= 0.3 is 0 Å². The van der Waals surface area contributed by atoms with E-state index in [0.29, 0.717) is 16.8 Å². The zero-order valence-corrected chi connectivity index (χ0v) is 13.3. The highest BCUT2D eigenvalue weighted by atomic mass is 79.9. The van der Waals surface area contributed by atoms with Gasteiger partial charge in [-0.2, -0.15) is 0 Å². The third-order valence-corrected chi connectivity index (χ3v) is 4.50. The molecule has 1 saturated carbocycles. The first kappa shape index (κ1) is 13.7. The molecule has 1 aliphatic carbocycles. The Morgan fingerprint density at radius 3 is 2.80 bits per heavy atom. The molecular weight excluding hydrogens is 340 g/mol. The Morgan fingerprint density at radius 2 is 2.15 bits per heavy atom. The SMILES string of the molecule is Cc1cc(NC(=O)c2cc(Cl)cn2C2CC2)ccc1Br. The van der Waals surface area contributed by atoms with Crippen LogP contribution in [0.4, 0.5) is 5.69 Å². The van der Waals surface area contributed by atoms with Gasteiger partial charge in [0.25, 0.3) is 5.91 Å². The van der Waals surface area contributed by atoms with Crippen LogP contribution < -0.4 is 5.32 Å². The van der Waals surface area contributed by atoms with E-state index < -0.39 is 0 Å². The Morgan fingerprint density at radius 1 is 1.40 bits per heavy atom. The number of carbonyl (C=O) groups excluding carboxylic acids is 1. The minimum Gasteiger partial charge on any atom is -0.339 e. The molecule has 0 unspecified atom stereocenters. The third-order valence-electron chi connectivity index (χ3n) is 3.40. The molecule has 1 fully saturated rings. The second-order valence-corrected chi connectivity index (χ2v) is 6.39. The highest BCUT2D eigenvalue weighted by Gasteiger charge is 2.27. The van der Waals surface area contributed by atoms with E-state index in [9.17, 15) is 4.79 Å². The average molecular weight is 354 g/mol. The van der Waals surface area contributed by atoms with Crippen molar-refractivity contribution in [3.8, 4) is 0 Å². The lowest BCUT2D eigenvalue weighted by Crippen LogP contribution is -2.16.